The summed E-state index contributed by atoms with van der Waals surface area (Å²) in [7, 11) is 3.40. The Hall–Kier alpha value is -3.45. The minimum Gasteiger partial charge on any atom is -0.493 e. The van der Waals surface area contributed by atoms with Gasteiger partial charge in [-0.05, 0) is 42.7 Å². The van der Waals surface area contributed by atoms with Gasteiger partial charge in [0, 0.05) is 55.3 Å². The highest BCUT2D eigenvalue weighted by Crippen LogP contribution is 2.46. The Morgan fingerprint density at radius 1 is 1.00 bits per heavy atom. The van der Waals surface area contributed by atoms with Crippen molar-refractivity contribution in [3.8, 4) is 11.5 Å². The second-order valence-corrected chi connectivity index (χ2v) is 9.44. The summed E-state index contributed by atoms with van der Waals surface area (Å²) in [6.07, 6.45) is 4.50. The molecule has 8 heteroatoms. The molecule has 0 unspecified atom stereocenters. The van der Waals surface area contributed by atoms with E-state index in [4.69, 9.17) is 26.2 Å². The first kappa shape index (κ1) is 24.3. The molecule has 2 aromatic carbocycles. The molecule has 1 saturated heterocycles. The van der Waals surface area contributed by atoms with Gasteiger partial charge in [-0.3, -0.25) is 9.67 Å². The maximum absolute atomic E-state index is 6.41. The van der Waals surface area contributed by atoms with E-state index in [2.05, 4.69) is 45.4 Å². The molecule has 0 amide bonds. The fourth-order valence-corrected chi connectivity index (χ4v) is 5.31. The van der Waals surface area contributed by atoms with Crippen molar-refractivity contribution in [1.29, 1.82) is 0 Å². The predicted octanol–water partition coefficient (Wildman–Crippen LogP) is 5.35. The summed E-state index contributed by atoms with van der Waals surface area (Å²) in [6, 6.07) is 12.2. The van der Waals surface area contributed by atoms with E-state index in [-0.39, 0.29) is 0 Å². The number of fused-ring (bicyclic) bond motifs is 1. The van der Waals surface area contributed by atoms with Crippen molar-refractivity contribution in [1.82, 2.24) is 14.8 Å². The van der Waals surface area contributed by atoms with Crippen LogP contribution in [0.3, 0.4) is 0 Å². The van der Waals surface area contributed by atoms with Crippen molar-refractivity contribution in [2.45, 2.75) is 26.8 Å². The number of pyridine rings is 1. The maximum Gasteiger partial charge on any atom is 0.185 e. The number of rotatable bonds is 7. The van der Waals surface area contributed by atoms with Gasteiger partial charge in [0.15, 0.2) is 11.5 Å². The predicted molar refractivity (Wildman–Crippen MR) is 146 cm³/mol. The molecule has 1 aliphatic rings. The van der Waals surface area contributed by atoms with Crippen LogP contribution >= 0.6 is 11.6 Å². The lowest BCUT2D eigenvalue weighted by Crippen LogP contribution is -2.47. The van der Waals surface area contributed by atoms with E-state index in [1.165, 1.54) is 5.69 Å². The number of halogens is 1. The first-order valence-electron chi connectivity index (χ1n) is 12.3. The summed E-state index contributed by atoms with van der Waals surface area (Å²) in [5, 5.41) is 6.96. The summed E-state index contributed by atoms with van der Waals surface area (Å²) < 4.78 is 13.8. The van der Waals surface area contributed by atoms with Gasteiger partial charge in [-0.25, -0.2) is 0 Å². The van der Waals surface area contributed by atoms with Crippen LogP contribution < -0.4 is 19.3 Å². The van der Waals surface area contributed by atoms with Crippen LogP contribution in [0.4, 0.5) is 11.4 Å². The molecule has 0 N–H and O–H groups in total. The summed E-state index contributed by atoms with van der Waals surface area (Å²) in [6.45, 7) is 8.34. The first-order chi connectivity index (χ1) is 17.5. The molecule has 36 heavy (non-hydrogen) atoms. The number of methoxy groups -OCH3 is 2. The Labute approximate surface area is 217 Å². The van der Waals surface area contributed by atoms with E-state index in [0.29, 0.717) is 12.3 Å². The van der Waals surface area contributed by atoms with Crippen LogP contribution in [0.1, 0.15) is 23.7 Å². The van der Waals surface area contributed by atoms with Crippen LogP contribution in [0.25, 0.3) is 10.9 Å². The minimum atomic E-state index is 0.640. The number of hydrogen-bond acceptors (Lipinski definition) is 6. The standard InChI is InChI=1S/C28H32ClN5O2/c1-5-22-26-24(34(31-22)18-20-8-7-11-30-17-20)16-25(35-3)28(36-4)27(26)33-14-12-32(13-15-33)23-10-6-9-21(29)19(23)2/h6-11,16-17H,5,12-15,18H2,1-4H3. The average molecular weight is 506 g/mol. The van der Waals surface area contributed by atoms with Gasteiger partial charge >= 0.3 is 0 Å². The van der Waals surface area contributed by atoms with Gasteiger partial charge in [0.25, 0.3) is 0 Å². The SMILES string of the molecule is CCc1nn(Cc2cccnc2)c2cc(OC)c(OC)c(N3CCN(c4cccc(Cl)c4C)CC3)c12. The number of hydrogen-bond donors (Lipinski definition) is 0. The Kier molecular flexibility index (Phi) is 6.92. The van der Waals surface area contributed by atoms with Gasteiger partial charge < -0.3 is 19.3 Å². The second kappa shape index (κ2) is 10.3. The normalized spacial score (nSPS) is 13.9. The molecule has 7 nitrogen and oxygen atoms in total. The molecule has 1 aliphatic heterocycles. The highest BCUT2D eigenvalue weighted by Gasteiger charge is 2.28. The molecular weight excluding hydrogens is 474 g/mol. The Morgan fingerprint density at radius 3 is 2.44 bits per heavy atom. The summed E-state index contributed by atoms with van der Waals surface area (Å²) in [4.78, 5) is 9.10. The van der Waals surface area contributed by atoms with Gasteiger partial charge in [0.05, 0.1) is 43.0 Å². The zero-order chi connectivity index (χ0) is 25.2. The maximum atomic E-state index is 6.41. The average Bonchev–Trinajstić information content (AvgIpc) is 3.26. The van der Waals surface area contributed by atoms with Crippen molar-refractivity contribution >= 4 is 33.9 Å². The fourth-order valence-electron chi connectivity index (χ4n) is 5.14. The van der Waals surface area contributed by atoms with Crippen LogP contribution in [-0.4, -0.2) is 55.2 Å². The molecule has 5 rings (SSSR count). The highest BCUT2D eigenvalue weighted by atomic mass is 35.5. The fraction of sp³-hybridized carbons (Fsp3) is 0.357. The van der Waals surface area contributed by atoms with Gasteiger partial charge in [0.1, 0.15) is 0 Å². The Bertz CT molecular complexity index is 1360. The molecule has 1 fully saturated rings. The number of piperazine rings is 1. The van der Waals surface area contributed by atoms with Crippen molar-refractivity contribution in [2.75, 3.05) is 50.2 Å². The summed E-state index contributed by atoms with van der Waals surface area (Å²) >= 11 is 6.41. The lowest BCUT2D eigenvalue weighted by molar-refractivity contribution is 0.355. The van der Waals surface area contributed by atoms with Crippen molar-refractivity contribution in [3.63, 3.8) is 0 Å². The third kappa shape index (κ3) is 4.32. The molecule has 4 aromatic rings. The van der Waals surface area contributed by atoms with Crippen LogP contribution in [0, 0.1) is 6.92 Å². The van der Waals surface area contributed by atoms with Gasteiger partial charge in [0.2, 0.25) is 0 Å². The van der Waals surface area contributed by atoms with E-state index in [0.717, 1.165) is 76.8 Å². The summed E-state index contributed by atoms with van der Waals surface area (Å²) in [5.41, 5.74) is 6.58. The summed E-state index contributed by atoms with van der Waals surface area (Å²) in [5.74, 6) is 1.47. The van der Waals surface area contributed by atoms with E-state index in [1.54, 1.807) is 20.4 Å². The Morgan fingerprint density at radius 2 is 1.78 bits per heavy atom. The van der Waals surface area contributed by atoms with Crippen molar-refractivity contribution in [2.24, 2.45) is 0 Å². The van der Waals surface area contributed by atoms with Gasteiger partial charge in [-0.15, -0.1) is 0 Å². The molecule has 0 aliphatic carbocycles. The number of benzene rings is 2. The third-order valence-electron chi connectivity index (χ3n) is 7.00. The van der Waals surface area contributed by atoms with Crippen molar-refractivity contribution < 1.29 is 9.47 Å². The number of anilines is 2. The van der Waals surface area contributed by atoms with Crippen LogP contribution in [0.2, 0.25) is 5.02 Å². The zero-order valence-electron chi connectivity index (χ0n) is 21.3. The Balaban J connectivity index is 1.56. The van der Waals surface area contributed by atoms with Crippen LogP contribution in [0.15, 0.2) is 48.8 Å². The zero-order valence-corrected chi connectivity index (χ0v) is 22.0. The second-order valence-electron chi connectivity index (χ2n) is 9.03. The number of aryl methyl sites for hydroxylation is 1. The molecule has 0 atom stereocenters. The van der Waals surface area contributed by atoms with Gasteiger partial charge in [-0.2, -0.15) is 5.10 Å². The monoisotopic (exact) mass is 505 g/mol. The first-order valence-corrected chi connectivity index (χ1v) is 12.7. The van der Waals surface area contributed by atoms with E-state index < -0.39 is 0 Å². The van der Waals surface area contributed by atoms with Crippen LogP contribution in [-0.2, 0) is 13.0 Å². The topological polar surface area (TPSA) is 55.7 Å². The van der Waals surface area contributed by atoms with Gasteiger partial charge in [-0.1, -0.05) is 30.7 Å². The lowest BCUT2D eigenvalue weighted by Gasteiger charge is -2.39. The number of nitrogens with zero attached hydrogens (tertiary/aromatic N) is 5. The lowest BCUT2D eigenvalue weighted by atomic mass is 10.1. The van der Waals surface area contributed by atoms with Crippen LogP contribution in [0.5, 0.6) is 11.5 Å². The molecule has 188 valence electrons. The number of aromatic nitrogens is 3. The molecule has 2 aromatic heterocycles. The molecule has 0 saturated carbocycles. The van der Waals surface area contributed by atoms with E-state index in [1.807, 2.05) is 30.5 Å². The largest absolute Gasteiger partial charge is 0.493 e. The molecule has 3 heterocycles. The van der Waals surface area contributed by atoms with E-state index in [9.17, 15) is 0 Å². The van der Waals surface area contributed by atoms with E-state index >= 15 is 0 Å². The molecule has 0 spiro atoms. The van der Waals surface area contributed by atoms with Crippen molar-refractivity contribution in [3.05, 3.63) is 70.6 Å². The molecule has 0 radical (unpaired) electrons. The third-order valence-corrected chi connectivity index (χ3v) is 7.41. The quantitative estimate of drug-likeness (QED) is 0.337. The number of ether oxygens (including phenoxy) is 2. The minimum absolute atomic E-state index is 0.640. The highest BCUT2D eigenvalue weighted by molar-refractivity contribution is 6.31. The smallest absolute Gasteiger partial charge is 0.185 e. The molecular formula is C28H32ClN5O2. The molecule has 0 bridgehead atoms.